The van der Waals surface area contributed by atoms with Crippen LogP contribution in [0.1, 0.15) is 29.5 Å². The standard InChI is InChI=1S/C19H20N2O5/c1-2-24-18-8-7-16(26-18)19(22)21-15-9-10-23-12-17(15)25-14-5-3-13(11-20)4-6-14/h3-8,15,17H,2,9-10,12H2,1H3,(H,21,22)/t15-,17-/m1/s1. The summed E-state index contributed by atoms with van der Waals surface area (Å²) in [5.41, 5.74) is 0.560. The summed E-state index contributed by atoms with van der Waals surface area (Å²) in [4.78, 5) is 12.4. The van der Waals surface area contributed by atoms with E-state index in [0.717, 1.165) is 0 Å². The van der Waals surface area contributed by atoms with E-state index in [-0.39, 0.29) is 23.8 Å². The van der Waals surface area contributed by atoms with Crippen LogP contribution in [0, 0.1) is 11.3 Å². The number of benzene rings is 1. The van der Waals surface area contributed by atoms with Crippen LogP contribution >= 0.6 is 0 Å². The van der Waals surface area contributed by atoms with E-state index in [1.54, 1.807) is 36.4 Å². The summed E-state index contributed by atoms with van der Waals surface area (Å²) < 4.78 is 22.0. The van der Waals surface area contributed by atoms with E-state index in [9.17, 15) is 4.79 Å². The second kappa shape index (κ2) is 8.41. The van der Waals surface area contributed by atoms with E-state index in [2.05, 4.69) is 11.4 Å². The minimum Gasteiger partial charge on any atom is -0.486 e. The highest BCUT2D eigenvalue weighted by molar-refractivity contribution is 5.91. The minimum atomic E-state index is -0.332. The normalized spacial score (nSPS) is 19.4. The topological polar surface area (TPSA) is 93.7 Å². The summed E-state index contributed by atoms with van der Waals surface area (Å²) in [5.74, 6) is 0.804. The predicted molar refractivity (Wildman–Crippen MR) is 92.1 cm³/mol. The fourth-order valence-electron chi connectivity index (χ4n) is 2.68. The average molecular weight is 356 g/mol. The molecule has 1 saturated heterocycles. The molecule has 136 valence electrons. The monoisotopic (exact) mass is 356 g/mol. The van der Waals surface area contributed by atoms with Crippen molar-refractivity contribution < 1.29 is 23.4 Å². The number of nitrogens with zero attached hydrogens (tertiary/aromatic N) is 1. The van der Waals surface area contributed by atoms with E-state index < -0.39 is 0 Å². The van der Waals surface area contributed by atoms with Gasteiger partial charge in [0.1, 0.15) is 11.9 Å². The Morgan fingerprint density at radius 3 is 2.85 bits per heavy atom. The molecule has 2 atom stereocenters. The van der Waals surface area contributed by atoms with Crippen LogP contribution in [0.2, 0.25) is 0 Å². The van der Waals surface area contributed by atoms with E-state index >= 15 is 0 Å². The van der Waals surface area contributed by atoms with Crippen LogP contribution in [0.4, 0.5) is 0 Å². The lowest BCUT2D eigenvalue weighted by atomic mass is 10.1. The van der Waals surface area contributed by atoms with Crippen molar-refractivity contribution in [3.8, 4) is 17.8 Å². The van der Waals surface area contributed by atoms with Gasteiger partial charge >= 0.3 is 0 Å². The number of nitriles is 1. The summed E-state index contributed by atoms with van der Waals surface area (Å²) in [6, 6.07) is 11.9. The van der Waals surface area contributed by atoms with Crippen molar-refractivity contribution in [2.75, 3.05) is 19.8 Å². The number of nitrogens with one attached hydrogen (secondary N) is 1. The van der Waals surface area contributed by atoms with Crippen LogP contribution in [0.15, 0.2) is 40.8 Å². The van der Waals surface area contributed by atoms with Gasteiger partial charge in [-0.2, -0.15) is 5.26 Å². The molecule has 3 rings (SSSR count). The molecule has 0 spiro atoms. The Balaban J connectivity index is 1.64. The first-order chi connectivity index (χ1) is 12.7. The van der Waals surface area contributed by atoms with Crippen LogP contribution in [-0.4, -0.2) is 37.9 Å². The van der Waals surface area contributed by atoms with Gasteiger partial charge in [0.2, 0.25) is 0 Å². The molecule has 1 amide bonds. The van der Waals surface area contributed by atoms with Gasteiger partial charge < -0.3 is 23.9 Å². The smallest absolute Gasteiger partial charge is 0.287 e. The van der Waals surface area contributed by atoms with E-state index in [4.69, 9.17) is 23.9 Å². The lowest BCUT2D eigenvalue weighted by molar-refractivity contribution is -0.0137. The highest BCUT2D eigenvalue weighted by atomic mass is 16.6. The van der Waals surface area contributed by atoms with Gasteiger partial charge in [-0.15, -0.1) is 0 Å². The molecular weight excluding hydrogens is 336 g/mol. The molecule has 0 unspecified atom stereocenters. The molecule has 1 aliphatic heterocycles. The largest absolute Gasteiger partial charge is 0.486 e. The maximum Gasteiger partial charge on any atom is 0.287 e. The number of rotatable bonds is 6. The summed E-state index contributed by atoms with van der Waals surface area (Å²) in [6.45, 7) is 3.22. The van der Waals surface area contributed by atoms with Crippen LogP contribution in [-0.2, 0) is 4.74 Å². The molecule has 7 heteroatoms. The molecule has 0 aliphatic carbocycles. The van der Waals surface area contributed by atoms with Crippen molar-refractivity contribution in [3.63, 3.8) is 0 Å². The summed E-state index contributed by atoms with van der Waals surface area (Å²) in [5, 5.41) is 11.8. The Kier molecular flexibility index (Phi) is 5.77. The third-order valence-corrected chi connectivity index (χ3v) is 3.98. The Bertz CT molecular complexity index is 778. The minimum absolute atomic E-state index is 0.192. The first-order valence-electron chi connectivity index (χ1n) is 8.47. The quantitative estimate of drug-likeness (QED) is 0.855. The Hall–Kier alpha value is -2.98. The summed E-state index contributed by atoms with van der Waals surface area (Å²) in [7, 11) is 0. The first-order valence-corrected chi connectivity index (χ1v) is 8.47. The van der Waals surface area contributed by atoms with Gasteiger partial charge in [-0.25, -0.2) is 0 Å². The maximum atomic E-state index is 12.4. The second-order valence-corrected chi connectivity index (χ2v) is 5.79. The van der Waals surface area contributed by atoms with Gasteiger partial charge in [0.15, 0.2) is 5.76 Å². The predicted octanol–water partition coefficient (Wildman–Crippen LogP) is 2.52. The maximum absolute atomic E-state index is 12.4. The second-order valence-electron chi connectivity index (χ2n) is 5.79. The van der Waals surface area contributed by atoms with Crippen LogP contribution in [0.5, 0.6) is 11.7 Å². The van der Waals surface area contributed by atoms with E-state index in [1.165, 1.54) is 0 Å². The third kappa shape index (κ3) is 4.35. The molecule has 0 radical (unpaired) electrons. The lowest BCUT2D eigenvalue weighted by Crippen LogP contribution is -2.51. The first kappa shape index (κ1) is 17.8. The van der Waals surface area contributed by atoms with Gasteiger partial charge in [0, 0.05) is 12.7 Å². The van der Waals surface area contributed by atoms with E-state index in [0.29, 0.717) is 43.5 Å². The Labute approximate surface area is 151 Å². The number of furan rings is 1. The molecule has 1 aromatic heterocycles. The number of amides is 1. The average Bonchev–Trinajstić information content (AvgIpc) is 3.13. The molecule has 2 heterocycles. The summed E-state index contributed by atoms with van der Waals surface area (Å²) >= 11 is 0. The number of carbonyl (C=O) groups excluding carboxylic acids is 1. The van der Waals surface area contributed by atoms with E-state index in [1.807, 2.05) is 6.92 Å². The molecule has 2 aromatic rings. The molecule has 0 bridgehead atoms. The zero-order chi connectivity index (χ0) is 18.4. The summed E-state index contributed by atoms with van der Waals surface area (Å²) in [6.07, 6.45) is 0.299. The highest BCUT2D eigenvalue weighted by Crippen LogP contribution is 2.20. The fourth-order valence-corrected chi connectivity index (χ4v) is 2.68. The Morgan fingerprint density at radius 1 is 1.31 bits per heavy atom. The van der Waals surface area contributed by atoms with Crippen molar-refractivity contribution in [2.24, 2.45) is 0 Å². The number of carbonyl (C=O) groups is 1. The zero-order valence-corrected chi connectivity index (χ0v) is 14.4. The molecule has 0 saturated carbocycles. The molecule has 26 heavy (non-hydrogen) atoms. The van der Waals surface area contributed by atoms with Crippen molar-refractivity contribution >= 4 is 5.91 Å². The van der Waals surface area contributed by atoms with Gasteiger partial charge in [-0.3, -0.25) is 4.79 Å². The van der Waals surface area contributed by atoms with Crippen molar-refractivity contribution in [2.45, 2.75) is 25.5 Å². The van der Waals surface area contributed by atoms with Crippen molar-refractivity contribution in [3.05, 3.63) is 47.7 Å². The van der Waals surface area contributed by atoms with Crippen LogP contribution < -0.4 is 14.8 Å². The molecule has 1 aliphatic rings. The zero-order valence-electron chi connectivity index (χ0n) is 14.4. The third-order valence-electron chi connectivity index (χ3n) is 3.98. The molecule has 1 N–H and O–H groups in total. The number of hydrogen-bond acceptors (Lipinski definition) is 6. The fraction of sp³-hybridized carbons (Fsp3) is 0.368. The van der Waals surface area contributed by atoms with Gasteiger partial charge in [0.05, 0.1) is 30.9 Å². The highest BCUT2D eigenvalue weighted by Gasteiger charge is 2.30. The number of hydrogen-bond donors (Lipinski definition) is 1. The molecule has 7 nitrogen and oxygen atoms in total. The lowest BCUT2D eigenvalue weighted by Gasteiger charge is -2.32. The SMILES string of the molecule is CCOc1ccc(C(=O)N[C@@H]2CCOC[C@H]2Oc2ccc(C#N)cc2)o1. The van der Waals surface area contributed by atoms with Gasteiger partial charge in [-0.05, 0) is 43.7 Å². The van der Waals surface area contributed by atoms with Crippen molar-refractivity contribution in [1.29, 1.82) is 5.26 Å². The van der Waals surface area contributed by atoms with Gasteiger partial charge in [-0.1, -0.05) is 0 Å². The molecule has 1 aromatic carbocycles. The van der Waals surface area contributed by atoms with Crippen LogP contribution in [0.3, 0.4) is 0 Å². The number of ether oxygens (including phenoxy) is 3. The molecular formula is C19H20N2O5. The van der Waals surface area contributed by atoms with Crippen molar-refractivity contribution in [1.82, 2.24) is 5.32 Å². The Morgan fingerprint density at radius 2 is 2.12 bits per heavy atom. The van der Waals surface area contributed by atoms with Crippen LogP contribution in [0.25, 0.3) is 0 Å². The van der Waals surface area contributed by atoms with Gasteiger partial charge in [0.25, 0.3) is 11.9 Å². The molecule has 1 fully saturated rings.